The first-order chi connectivity index (χ1) is 14.7. The molecular formula is C29H44NaO3P. The van der Waals surface area contributed by atoms with Gasteiger partial charge in [0.2, 0.25) is 0 Å². The van der Waals surface area contributed by atoms with Crippen molar-refractivity contribution in [1.29, 1.82) is 0 Å². The Labute approximate surface area is 232 Å². The van der Waals surface area contributed by atoms with E-state index in [0.29, 0.717) is 12.8 Å². The SMILES string of the molecule is CC(C)(C)C1=CCC2(Cc3cc(C(C)(C)C)cc(C(C)(C)C)c3OP([O-])O2)C(C(C)(C)C)=C1.[Na+]. The molecule has 1 heterocycles. The molecule has 184 valence electrons. The first kappa shape index (κ1) is 30.1. The maximum Gasteiger partial charge on any atom is 1.00 e. The molecule has 2 atom stereocenters. The van der Waals surface area contributed by atoms with Gasteiger partial charge < -0.3 is 13.9 Å². The molecule has 0 fully saturated rings. The zero-order valence-electron chi connectivity index (χ0n) is 23.9. The van der Waals surface area contributed by atoms with E-state index in [9.17, 15) is 4.89 Å². The van der Waals surface area contributed by atoms with Crippen molar-refractivity contribution in [2.24, 2.45) is 10.8 Å². The van der Waals surface area contributed by atoms with Crippen LogP contribution >= 0.6 is 8.60 Å². The molecule has 34 heavy (non-hydrogen) atoms. The van der Waals surface area contributed by atoms with E-state index >= 15 is 0 Å². The molecule has 0 aromatic heterocycles. The van der Waals surface area contributed by atoms with Gasteiger partial charge in [-0.15, -0.1) is 0 Å². The van der Waals surface area contributed by atoms with Crippen molar-refractivity contribution >= 4 is 8.60 Å². The van der Waals surface area contributed by atoms with Crippen molar-refractivity contribution in [3.63, 3.8) is 0 Å². The van der Waals surface area contributed by atoms with Crippen LogP contribution in [0.5, 0.6) is 5.75 Å². The maximum atomic E-state index is 13.3. The van der Waals surface area contributed by atoms with Crippen LogP contribution in [-0.4, -0.2) is 5.60 Å². The van der Waals surface area contributed by atoms with E-state index in [0.717, 1.165) is 16.9 Å². The third-order valence-electron chi connectivity index (χ3n) is 6.85. The van der Waals surface area contributed by atoms with Crippen molar-refractivity contribution in [2.45, 2.75) is 112 Å². The second kappa shape index (κ2) is 9.62. The third kappa shape index (κ3) is 6.21. The summed E-state index contributed by atoms with van der Waals surface area (Å²) in [5.41, 5.74) is 5.02. The fraction of sp³-hybridized carbons (Fsp3) is 0.655. The van der Waals surface area contributed by atoms with Crippen LogP contribution in [-0.2, 0) is 21.8 Å². The van der Waals surface area contributed by atoms with E-state index in [-0.39, 0.29) is 51.2 Å². The van der Waals surface area contributed by atoms with Crippen molar-refractivity contribution in [2.75, 3.05) is 0 Å². The van der Waals surface area contributed by atoms with Gasteiger partial charge in [0.05, 0.1) is 0 Å². The maximum absolute atomic E-state index is 13.3. The van der Waals surface area contributed by atoms with Gasteiger partial charge in [-0.25, -0.2) is 0 Å². The van der Waals surface area contributed by atoms with Gasteiger partial charge in [0.25, 0.3) is 0 Å². The molecule has 1 spiro atoms. The van der Waals surface area contributed by atoms with Crippen LogP contribution < -0.4 is 39.0 Å². The molecule has 0 radical (unpaired) electrons. The molecular weight excluding hydrogens is 450 g/mol. The van der Waals surface area contributed by atoms with Crippen molar-refractivity contribution < 1.29 is 43.5 Å². The molecule has 1 aromatic carbocycles. The van der Waals surface area contributed by atoms with Gasteiger partial charge in [0.15, 0.2) is 0 Å². The van der Waals surface area contributed by atoms with Gasteiger partial charge in [-0.2, -0.15) is 0 Å². The second-order valence-corrected chi connectivity index (χ2v) is 14.8. The Morgan fingerprint density at radius 2 is 1.41 bits per heavy atom. The zero-order valence-corrected chi connectivity index (χ0v) is 26.8. The molecule has 0 N–H and O–H groups in total. The Kier molecular flexibility index (Phi) is 8.51. The summed E-state index contributed by atoms with van der Waals surface area (Å²) >= 11 is 0. The summed E-state index contributed by atoms with van der Waals surface area (Å²) in [6.45, 7) is 26.7. The number of benzene rings is 1. The molecule has 0 saturated carbocycles. The largest absolute Gasteiger partial charge is 1.00 e. The van der Waals surface area contributed by atoms with Crippen molar-refractivity contribution in [1.82, 2.24) is 0 Å². The second-order valence-electron chi connectivity index (χ2n) is 14.0. The molecule has 1 aliphatic carbocycles. The molecule has 3 rings (SSSR count). The molecule has 0 amide bonds. The summed E-state index contributed by atoms with van der Waals surface area (Å²) < 4.78 is 12.5. The van der Waals surface area contributed by atoms with Gasteiger partial charge in [-0.05, 0) is 50.4 Å². The van der Waals surface area contributed by atoms with Crippen LogP contribution in [0.25, 0.3) is 0 Å². The minimum atomic E-state index is -2.31. The van der Waals surface area contributed by atoms with Crippen LogP contribution in [0.4, 0.5) is 0 Å². The van der Waals surface area contributed by atoms with Crippen molar-refractivity contribution in [3.8, 4) is 5.75 Å². The fourth-order valence-corrected chi connectivity index (χ4v) is 5.83. The van der Waals surface area contributed by atoms with Gasteiger partial charge in [-0.1, -0.05) is 107 Å². The minimum absolute atomic E-state index is 0. The van der Waals surface area contributed by atoms with Gasteiger partial charge in [0.1, 0.15) is 20.0 Å². The molecule has 1 aliphatic heterocycles. The standard InChI is InChI=1S/C29H44O3P.Na/c1-25(2,3)20-13-14-29(23(17-20)28(10,11)12)18-19-15-21(26(4,5)6)16-22(27(7,8)9)24(19)31-33(30)32-29;/h13,15-17H,14,18H2,1-12H3;/q-1;+1. The average Bonchev–Trinajstić information content (AvgIpc) is 2.72. The number of rotatable bonds is 0. The summed E-state index contributed by atoms with van der Waals surface area (Å²) in [6.07, 6.45) is 5.92. The zero-order chi connectivity index (χ0) is 25.2. The summed E-state index contributed by atoms with van der Waals surface area (Å²) in [7, 11) is -2.31. The summed E-state index contributed by atoms with van der Waals surface area (Å²) in [5.74, 6) is 0.743. The monoisotopic (exact) mass is 494 g/mol. The topological polar surface area (TPSA) is 41.5 Å². The number of fused-ring (bicyclic) bond motifs is 1. The number of allylic oxidation sites excluding steroid dienone is 2. The Bertz CT molecular complexity index is 981. The Hall–Kier alpha value is -0.150. The quantitative estimate of drug-likeness (QED) is 0.380. The predicted molar refractivity (Wildman–Crippen MR) is 139 cm³/mol. The first-order valence-corrected chi connectivity index (χ1v) is 13.3. The molecule has 0 bridgehead atoms. The minimum Gasteiger partial charge on any atom is -0.776 e. The van der Waals surface area contributed by atoms with Gasteiger partial charge >= 0.3 is 29.6 Å². The van der Waals surface area contributed by atoms with E-state index in [4.69, 9.17) is 9.05 Å². The molecule has 0 saturated heterocycles. The van der Waals surface area contributed by atoms with Crippen LogP contribution in [0.3, 0.4) is 0 Å². The smallest absolute Gasteiger partial charge is 0.776 e. The Morgan fingerprint density at radius 3 is 1.88 bits per heavy atom. The molecule has 5 heteroatoms. The Balaban J connectivity index is 0.00000408. The Morgan fingerprint density at radius 1 is 0.824 bits per heavy atom. The third-order valence-corrected chi connectivity index (χ3v) is 7.68. The van der Waals surface area contributed by atoms with Crippen LogP contribution in [0.1, 0.15) is 106 Å². The van der Waals surface area contributed by atoms with E-state index in [1.165, 1.54) is 16.7 Å². The average molecular weight is 495 g/mol. The molecule has 2 aliphatic rings. The summed E-state index contributed by atoms with van der Waals surface area (Å²) in [4.78, 5) is 13.3. The van der Waals surface area contributed by atoms with E-state index < -0.39 is 14.2 Å². The molecule has 2 unspecified atom stereocenters. The number of hydrogen-bond donors (Lipinski definition) is 0. The van der Waals surface area contributed by atoms with E-state index in [2.05, 4.69) is 107 Å². The van der Waals surface area contributed by atoms with Crippen molar-refractivity contribution in [3.05, 3.63) is 52.1 Å². The number of hydrogen-bond acceptors (Lipinski definition) is 3. The van der Waals surface area contributed by atoms with Crippen LogP contribution in [0.2, 0.25) is 0 Å². The van der Waals surface area contributed by atoms with Crippen LogP contribution in [0.15, 0.2) is 35.4 Å². The first-order valence-electron chi connectivity index (χ1n) is 12.2. The predicted octanol–water partition coefficient (Wildman–Crippen LogP) is 4.91. The fourth-order valence-electron chi connectivity index (χ4n) is 4.90. The van der Waals surface area contributed by atoms with Gasteiger partial charge in [0, 0.05) is 12.0 Å². The molecule has 1 aromatic rings. The summed E-state index contributed by atoms with van der Waals surface area (Å²) in [5, 5.41) is 0. The van der Waals surface area contributed by atoms with Gasteiger partial charge in [-0.3, -0.25) is 0 Å². The molecule has 3 nitrogen and oxygen atoms in total. The summed E-state index contributed by atoms with van der Waals surface area (Å²) in [6, 6.07) is 4.49. The van der Waals surface area contributed by atoms with E-state index in [1.54, 1.807) is 0 Å². The van der Waals surface area contributed by atoms with E-state index in [1.807, 2.05) is 0 Å². The van der Waals surface area contributed by atoms with Crippen LogP contribution in [0, 0.1) is 10.8 Å². The normalized spacial score (nSPS) is 23.9.